The lowest BCUT2D eigenvalue weighted by Crippen LogP contribution is -2.57. The van der Waals surface area contributed by atoms with Gasteiger partial charge in [-0.05, 0) is 12.8 Å². The van der Waals surface area contributed by atoms with Crippen LogP contribution in [0.25, 0.3) is 0 Å². The molecule has 0 bridgehead atoms. The first-order valence-corrected chi connectivity index (χ1v) is 8.22. The van der Waals surface area contributed by atoms with Crippen LogP contribution in [-0.4, -0.2) is 72.3 Å². The molecule has 0 radical (unpaired) electrons. The Morgan fingerprint density at radius 3 is 2.42 bits per heavy atom. The molecule has 24 heavy (non-hydrogen) atoms. The fourth-order valence-electron chi connectivity index (χ4n) is 3.51. The topological polar surface area (TPSA) is 61.9 Å². The molecule has 3 aliphatic rings. The molecular formula is C15H22F3N3O3. The average molecular weight is 349 g/mol. The first-order valence-electron chi connectivity index (χ1n) is 8.22. The third-order valence-electron chi connectivity index (χ3n) is 5.24. The maximum Gasteiger partial charge on any atom is 0.417 e. The molecule has 0 spiro atoms. The van der Waals surface area contributed by atoms with Crippen LogP contribution >= 0.6 is 0 Å². The summed E-state index contributed by atoms with van der Waals surface area (Å²) in [5, 5.41) is 2.78. The summed E-state index contributed by atoms with van der Waals surface area (Å²) in [7, 11) is 1.06. The van der Waals surface area contributed by atoms with Crippen molar-refractivity contribution < 1.29 is 27.5 Å². The maximum absolute atomic E-state index is 13.1. The number of carbonyl (C=O) groups is 2. The SMILES string of the molecule is COC1(C(F)(F)F)CCN(C(=O)NC2CC(=O)N(C3CC3)C2)CC1. The largest absolute Gasteiger partial charge is 0.417 e. The smallest absolute Gasteiger partial charge is 0.369 e. The van der Waals surface area contributed by atoms with Crippen molar-refractivity contribution in [2.45, 2.75) is 56.0 Å². The van der Waals surface area contributed by atoms with Crippen molar-refractivity contribution >= 4 is 11.9 Å². The van der Waals surface area contributed by atoms with E-state index in [-0.39, 0.29) is 44.3 Å². The molecule has 2 saturated heterocycles. The van der Waals surface area contributed by atoms with Gasteiger partial charge in [0.2, 0.25) is 5.91 Å². The first kappa shape index (κ1) is 17.3. The third-order valence-corrected chi connectivity index (χ3v) is 5.24. The number of urea groups is 1. The molecule has 1 saturated carbocycles. The van der Waals surface area contributed by atoms with E-state index in [0.717, 1.165) is 20.0 Å². The summed E-state index contributed by atoms with van der Waals surface area (Å²) in [6, 6.07) is -0.358. The molecule has 1 unspecified atom stereocenters. The van der Waals surface area contributed by atoms with Gasteiger partial charge in [0, 0.05) is 52.0 Å². The molecule has 6 nitrogen and oxygen atoms in total. The van der Waals surface area contributed by atoms with Crippen LogP contribution in [0.2, 0.25) is 0 Å². The lowest BCUT2D eigenvalue weighted by Gasteiger charge is -2.41. The highest BCUT2D eigenvalue weighted by molar-refractivity contribution is 5.82. The van der Waals surface area contributed by atoms with Crippen molar-refractivity contribution in [3.63, 3.8) is 0 Å². The van der Waals surface area contributed by atoms with E-state index < -0.39 is 17.8 Å². The van der Waals surface area contributed by atoms with Gasteiger partial charge in [0.05, 0.1) is 6.04 Å². The monoisotopic (exact) mass is 349 g/mol. The zero-order valence-corrected chi connectivity index (χ0v) is 13.6. The zero-order chi connectivity index (χ0) is 17.5. The minimum absolute atomic E-state index is 0.0216. The molecule has 1 aliphatic carbocycles. The van der Waals surface area contributed by atoms with Crippen LogP contribution in [0.1, 0.15) is 32.1 Å². The Bertz CT molecular complexity index is 514. The van der Waals surface area contributed by atoms with E-state index in [4.69, 9.17) is 4.74 Å². The van der Waals surface area contributed by atoms with Gasteiger partial charge in [-0.25, -0.2) is 4.79 Å². The van der Waals surface area contributed by atoms with Crippen LogP contribution in [0.5, 0.6) is 0 Å². The molecule has 136 valence electrons. The summed E-state index contributed by atoms with van der Waals surface area (Å²) in [5.41, 5.74) is -2.17. The van der Waals surface area contributed by atoms with Gasteiger partial charge < -0.3 is 19.9 Å². The summed E-state index contributed by atoms with van der Waals surface area (Å²) in [6.07, 6.45) is -2.73. The number of halogens is 3. The summed E-state index contributed by atoms with van der Waals surface area (Å²) >= 11 is 0. The summed E-state index contributed by atoms with van der Waals surface area (Å²) in [4.78, 5) is 27.3. The molecule has 2 aliphatic heterocycles. The first-order chi connectivity index (χ1) is 11.3. The highest BCUT2D eigenvalue weighted by Gasteiger charge is 2.56. The van der Waals surface area contributed by atoms with E-state index in [2.05, 4.69) is 5.32 Å². The molecule has 0 aromatic carbocycles. The van der Waals surface area contributed by atoms with E-state index in [1.807, 2.05) is 0 Å². The van der Waals surface area contributed by atoms with Crippen molar-refractivity contribution in [3.8, 4) is 0 Å². The fourth-order valence-corrected chi connectivity index (χ4v) is 3.51. The Balaban J connectivity index is 1.51. The Labute approximate surface area is 138 Å². The minimum Gasteiger partial charge on any atom is -0.369 e. The van der Waals surface area contributed by atoms with Gasteiger partial charge in [0.25, 0.3) is 0 Å². The second kappa shape index (κ2) is 6.09. The predicted octanol–water partition coefficient (Wildman–Crippen LogP) is 1.50. The van der Waals surface area contributed by atoms with E-state index in [0.29, 0.717) is 12.6 Å². The average Bonchev–Trinajstić information content (AvgIpc) is 3.30. The van der Waals surface area contributed by atoms with Crippen LogP contribution in [0, 0.1) is 0 Å². The Kier molecular flexibility index (Phi) is 4.39. The number of hydrogen-bond donors (Lipinski definition) is 1. The maximum atomic E-state index is 13.1. The second-order valence-electron chi connectivity index (χ2n) is 6.81. The van der Waals surface area contributed by atoms with Crippen LogP contribution in [0.15, 0.2) is 0 Å². The zero-order valence-electron chi connectivity index (χ0n) is 13.6. The van der Waals surface area contributed by atoms with Crippen LogP contribution in [0.3, 0.4) is 0 Å². The summed E-state index contributed by atoms with van der Waals surface area (Å²) in [5.74, 6) is 0.0388. The van der Waals surface area contributed by atoms with E-state index in [1.54, 1.807) is 4.90 Å². The molecule has 0 aromatic rings. The van der Waals surface area contributed by atoms with E-state index in [1.165, 1.54) is 4.90 Å². The fraction of sp³-hybridized carbons (Fsp3) is 0.867. The number of nitrogens with one attached hydrogen (secondary N) is 1. The Morgan fingerprint density at radius 1 is 1.29 bits per heavy atom. The van der Waals surface area contributed by atoms with Gasteiger partial charge >= 0.3 is 12.2 Å². The van der Waals surface area contributed by atoms with Crippen LogP contribution < -0.4 is 5.32 Å². The second-order valence-corrected chi connectivity index (χ2v) is 6.81. The molecule has 2 heterocycles. The van der Waals surface area contributed by atoms with Crippen molar-refractivity contribution in [2.75, 3.05) is 26.7 Å². The van der Waals surface area contributed by atoms with Gasteiger partial charge in [-0.2, -0.15) is 13.2 Å². The van der Waals surface area contributed by atoms with Crippen molar-refractivity contribution in [2.24, 2.45) is 0 Å². The third kappa shape index (κ3) is 3.18. The summed E-state index contributed by atoms with van der Waals surface area (Å²) in [6.45, 7) is 0.450. The normalized spacial score (nSPS) is 27.5. The van der Waals surface area contributed by atoms with Gasteiger partial charge in [0.1, 0.15) is 0 Å². The summed E-state index contributed by atoms with van der Waals surface area (Å²) < 4.78 is 44.1. The number of methoxy groups -OCH3 is 1. The van der Waals surface area contributed by atoms with Crippen molar-refractivity contribution in [1.29, 1.82) is 0 Å². The quantitative estimate of drug-likeness (QED) is 0.840. The van der Waals surface area contributed by atoms with Gasteiger partial charge in [0.15, 0.2) is 5.60 Å². The number of carbonyl (C=O) groups excluding carboxylic acids is 2. The number of likely N-dealkylation sites (tertiary alicyclic amines) is 2. The standard InChI is InChI=1S/C15H22F3N3O3/c1-24-14(15(16,17)18)4-6-20(7-5-14)13(23)19-10-8-12(22)21(9-10)11-2-3-11/h10-11H,2-9H2,1H3,(H,19,23). The van der Waals surface area contributed by atoms with Crippen LogP contribution in [-0.2, 0) is 9.53 Å². The van der Waals surface area contributed by atoms with Gasteiger partial charge in [-0.1, -0.05) is 0 Å². The molecule has 3 rings (SSSR count). The molecule has 1 atom stereocenters. The molecular weight excluding hydrogens is 327 g/mol. The number of alkyl halides is 3. The lowest BCUT2D eigenvalue weighted by atomic mass is 9.90. The molecule has 3 amide bonds. The highest BCUT2D eigenvalue weighted by Crippen LogP contribution is 2.41. The minimum atomic E-state index is -4.45. The number of piperidine rings is 1. The Morgan fingerprint density at radius 2 is 1.92 bits per heavy atom. The molecule has 0 aromatic heterocycles. The number of rotatable bonds is 3. The van der Waals surface area contributed by atoms with Crippen molar-refractivity contribution in [1.82, 2.24) is 15.1 Å². The number of nitrogens with zero attached hydrogens (tertiary/aromatic N) is 2. The number of amides is 3. The van der Waals surface area contributed by atoms with Gasteiger partial charge in [-0.3, -0.25) is 4.79 Å². The molecule has 3 fully saturated rings. The van der Waals surface area contributed by atoms with E-state index >= 15 is 0 Å². The molecule has 1 N–H and O–H groups in total. The molecule has 9 heteroatoms. The highest BCUT2D eigenvalue weighted by atomic mass is 19.4. The van der Waals surface area contributed by atoms with Crippen molar-refractivity contribution in [3.05, 3.63) is 0 Å². The predicted molar refractivity (Wildman–Crippen MR) is 78.3 cm³/mol. The number of hydrogen-bond acceptors (Lipinski definition) is 3. The van der Waals surface area contributed by atoms with Crippen LogP contribution in [0.4, 0.5) is 18.0 Å². The van der Waals surface area contributed by atoms with Gasteiger partial charge in [-0.15, -0.1) is 0 Å². The Hall–Kier alpha value is -1.51. The number of ether oxygens (including phenoxy) is 1. The lowest BCUT2D eigenvalue weighted by molar-refractivity contribution is -0.281. The van der Waals surface area contributed by atoms with E-state index in [9.17, 15) is 22.8 Å².